The van der Waals surface area contributed by atoms with Crippen molar-refractivity contribution < 1.29 is 8.78 Å². The minimum Gasteiger partial charge on any atom is -0.367 e. The molecule has 0 spiro atoms. The molecule has 34 heavy (non-hydrogen) atoms. The maximum absolute atomic E-state index is 14.3. The number of nitrogens with one attached hydrogen (secondary N) is 2. The third-order valence-electron chi connectivity index (χ3n) is 6.65. The summed E-state index contributed by atoms with van der Waals surface area (Å²) in [5, 5.41) is 9.19. The second kappa shape index (κ2) is 7.90. The Hall–Kier alpha value is -3.81. The molecule has 1 aromatic carbocycles. The number of hydrogen-bond donors (Lipinski definition) is 2. The van der Waals surface area contributed by atoms with E-state index in [1.54, 1.807) is 12.3 Å². The van der Waals surface area contributed by atoms with Gasteiger partial charge in [0.05, 0.1) is 23.6 Å². The average molecular weight is 459 g/mol. The molecule has 1 atom stereocenters. The highest BCUT2D eigenvalue weighted by atomic mass is 19.1. The highest BCUT2D eigenvalue weighted by Gasteiger charge is 2.25. The minimum atomic E-state index is -0.405. The molecule has 1 aliphatic carbocycles. The third-order valence-corrected chi connectivity index (χ3v) is 6.65. The summed E-state index contributed by atoms with van der Waals surface area (Å²) in [6.45, 7) is 4.20. The highest BCUT2D eigenvalue weighted by Crippen LogP contribution is 2.33. The van der Waals surface area contributed by atoms with Crippen LogP contribution in [0.2, 0.25) is 0 Å². The largest absolute Gasteiger partial charge is 0.367 e. The lowest BCUT2D eigenvalue weighted by Crippen LogP contribution is -2.28. The number of anilines is 1. The molecule has 0 saturated heterocycles. The predicted molar refractivity (Wildman–Crippen MR) is 128 cm³/mol. The Labute approximate surface area is 195 Å². The molecule has 172 valence electrons. The summed E-state index contributed by atoms with van der Waals surface area (Å²) in [6, 6.07) is 8.68. The monoisotopic (exact) mass is 458 g/mol. The van der Waals surface area contributed by atoms with Crippen LogP contribution in [0.25, 0.3) is 27.8 Å². The second-order valence-corrected chi connectivity index (χ2v) is 9.24. The van der Waals surface area contributed by atoms with Gasteiger partial charge >= 0.3 is 0 Å². The van der Waals surface area contributed by atoms with Gasteiger partial charge in [0.25, 0.3) is 0 Å². The number of pyridine rings is 1. The van der Waals surface area contributed by atoms with Crippen molar-refractivity contribution in [2.75, 3.05) is 5.32 Å². The van der Waals surface area contributed by atoms with Crippen LogP contribution in [0, 0.1) is 11.6 Å². The maximum atomic E-state index is 14.3. The molecule has 0 unspecified atom stereocenters. The number of para-hydroxylation sites is 1. The number of nitrogens with zero attached hydrogens (tertiary/aromatic N) is 4. The zero-order valence-corrected chi connectivity index (χ0v) is 18.9. The van der Waals surface area contributed by atoms with E-state index in [-0.39, 0.29) is 17.8 Å². The van der Waals surface area contributed by atoms with Gasteiger partial charge in [0.2, 0.25) is 0 Å². The first-order valence-electron chi connectivity index (χ1n) is 11.5. The molecule has 0 saturated carbocycles. The SMILES string of the molecule is CC(C)c1cnn2c(N[C@H]3CCc4[nH]c5c(F)cccc5c4C3)cc(-c3cncc(F)c3)nc12. The molecule has 0 radical (unpaired) electrons. The van der Waals surface area contributed by atoms with Gasteiger partial charge in [-0.05, 0) is 42.9 Å². The Morgan fingerprint density at radius 3 is 2.85 bits per heavy atom. The first kappa shape index (κ1) is 20.8. The van der Waals surface area contributed by atoms with Gasteiger partial charge in [0.15, 0.2) is 5.65 Å². The number of fused-ring (bicyclic) bond motifs is 4. The summed E-state index contributed by atoms with van der Waals surface area (Å²) in [4.78, 5) is 12.1. The molecule has 2 N–H and O–H groups in total. The van der Waals surface area contributed by atoms with E-state index in [9.17, 15) is 8.78 Å². The highest BCUT2D eigenvalue weighted by molar-refractivity contribution is 5.85. The molecule has 0 fully saturated rings. The van der Waals surface area contributed by atoms with Gasteiger partial charge in [-0.15, -0.1) is 0 Å². The van der Waals surface area contributed by atoms with Crippen LogP contribution in [0.3, 0.4) is 0 Å². The van der Waals surface area contributed by atoms with Gasteiger partial charge in [-0.1, -0.05) is 26.0 Å². The van der Waals surface area contributed by atoms with Gasteiger partial charge < -0.3 is 10.3 Å². The van der Waals surface area contributed by atoms with E-state index in [0.29, 0.717) is 16.8 Å². The summed E-state index contributed by atoms with van der Waals surface area (Å²) in [6.07, 6.45) is 7.12. The summed E-state index contributed by atoms with van der Waals surface area (Å²) in [5.74, 6) is 0.392. The Morgan fingerprint density at radius 1 is 1.15 bits per heavy atom. The maximum Gasteiger partial charge on any atom is 0.161 e. The Kier molecular flexibility index (Phi) is 4.83. The third kappa shape index (κ3) is 3.41. The van der Waals surface area contributed by atoms with Crippen molar-refractivity contribution in [3.05, 3.63) is 77.4 Å². The van der Waals surface area contributed by atoms with Crippen LogP contribution in [0.4, 0.5) is 14.6 Å². The van der Waals surface area contributed by atoms with Crippen LogP contribution in [0.5, 0.6) is 0 Å². The number of aromatic nitrogens is 5. The molecule has 0 aliphatic heterocycles. The molecular weight excluding hydrogens is 434 g/mol. The van der Waals surface area contributed by atoms with Crippen molar-refractivity contribution in [1.82, 2.24) is 24.6 Å². The van der Waals surface area contributed by atoms with E-state index < -0.39 is 5.82 Å². The Balaban J connectivity index is 1.41. The van der Waals surface area contributed by atoms with Crippen molar-refractivity contribution in [1.29, 1.82) is 0 Å². The molecular formula is C26H24F2N6. The number of rotatable bonds is 4. The van der Waals surface area contributed by atoms with E-state index >= 15 is 0 Å². The molecule has 6 nitrogen and oxygen atoms in total. The first-order chi connectivity index (χ1) is 16.5. The van der Waals surface area contributed by atoms with Crippen LogP contribution in [-0.4, -0.2) is 30.6 Å². The number of aryl methyl sites for hydroxylation is 1. The van der Waals surface area contributed by atoms with Crippen molar-refractivity contribution in [3.8, 4) is 11.3 Å². The standard InChI is InChI=1S/C26H24F2N6/c1-14(2)20-13-30-34-24(10-23(33-26(20)34)15-8-16(27)12-29-11-15)31-17-6-7-22-19(9-17)18-4-3-5-21(28)25(18)32-22/h3-5,8,10-14,17,31-32H,6-7,9H2,1-2H3/t17-/m0/s1. The van der Waals surface area contributed by atoms with Gasteiger partial charge in [0.1, 0.15) is 17.5 Å². The van der Waals surface area contributed by atoms with Crippen LogP contribution in [0.15, 0.2) is 48.9 Å². The molecule has 6 rings (SSSR count). The fraction of sp³-hybridized carbons (Fsp3) is 0.269. The molecule has 8 heteroatoms. The molecule has 1 aliphatic rings. The molecule has 5 aromatic rings. The number of benzene rings is 1. The smallest absolute Gasteiger partial charge is 0.161 e. The van der Waals surface area contributed by atoms with Gasteiger partial charge in [0, 0.05) is 40.5 Å². The lowest BCUT2D eigenvalue weighted by atomic mass is 9.91. The molecule has 0 bridgehead atoms. The van der Waals surface area contributed by atoms with Crippen LogP contribution >= 0.6 is 0 Å². The Morgan fingerprint density at radius 2 is 2.03 bits per heavy atom. The number of aromatic amines is 1. The van der Waals surface area contributed by atoms with E-state index in [1.807, 2.05) is 22.8 Å². The second-order valence-electron chi connectivity index (χ2n) is 9.24. The van der Waals surface area contributed by atoms with E-state index in [4.69, 9.17) is 4.98 Å². The molecule has 4 aromatic heterocycles. The van der Waals surface area contributed by atoms with Crippen molar-refractivity contribution in [3.63, 3.8) is 0 Å². The normalized spacial score (nSPS) is 15.9. The molecule has 4 heterocycles. The summed E-state index contributed by atoms with van der Waals surface area (Å²) < 4.78 is 30.0. The van der Waals surface area contributed by atoms with E-state index in [1.165, 1.54) is 18.3 Å². The summed E-state index contributed by atoms with van der Waals surface area (Å²) in [7, 11) is 0. The zero-order chi connectivity index (χ0) is 23.4. The average Bonchev–Trinajstić information content (AvgIpc) is 3.42. The zero-order valence-electron chi connectivity index (χ0n) is 18.9. The lowest BCUT2D eigenvalue weighted by Gasteiger charge is -2.25. The van der Waals surface area contributed by atoms with Crippen LogP contribution in [0.1, 0.15) is 43.0 Å². The topological polar surface area (TPSA) is 70.9 Å². The first-order valence-corrected chi connectivity index (χ1v) is 11.5. The predicted octanol–water partition coefficient (Wildman–Crippen LogP) is 5.64. The number of halogens is 2. The van der Waals surface area contributed by atoms with Gasteiger partial charge in [-0.25, -0.2) is 13.8 Å². The fourth-order valence-corrected chi connectivity index (χ4v) is 4.93. The van der Waals surface area contributed by atoms with Crippen molar-refractivity contribution in [2.24, 2.45) is 0 Å². The van der Waals surface area contributed by atoms with Crippen molar-refractivity contribution >= 4 is 22.4 Å². The van der Waals surface area contributed by atoms with E-state index in [0.717, 1.165) is 52.9 Å². The quantitative estimate of drug-likeness (QED) is 0.365. The van der Waals surface area contributed by atoms with Gasteiger partial charge in [-0.2, -0.15) is 9.61 Å². The number of hydrogen-bond acceptors (Lipinski definition) is 4. The minimum absolute atomic E-state index is 0.130. The fourth-order valence-electron chi connectivity index (χ4n) is 4.93. The molecule has 0 amide bonds. The van der Waals surface area contributed by atoms with Gasteiger partial charge in [-0.3, -0.25) is 4.98 Å². The number of H-pyrrole nitrogens is 1. The summed E-state index contributed by atoms with van der Waals surface area (Å²) in [5.41, 5.74) is 5.84. The summed E-state index contributed by atoms with van der Waals surface area (Å²) >= 11 is 0. The lowest BCUT2D eigenvalue weighted by molar-refractivity contribution is 0.602. The van der Waals surface area contributed by atoms with Crippen molar-refractivity contribution in [2.45, 2.75) is 45.1 Å². The Bertz CT molecular complexity index is 1530. The van der Waals surface area contributed by atoms with Crippen LogP contribution in [-0.2, 0) is 12.8 Å². The van der Waals surface area contributed by atoms with Crippen LogP contribution < -0.4 is 5.32 Å². The van der Waals surface area contributed by atoms with E-state index in [2.05, 4.69) is 34.2 Å².